The number of hydrogen-bond donors (Lipinski definition) is 0. The van der Waals surface area contributed by atoms with Crippen molar-refractivity contribution in [2.75, 3.05) is 0 Å². The minimum Gasteiger partial charge on any atom is -0.310 e. The van der Waals surface area contributed by atoms with E-state index in [0.717, 1.165) is 0 Å². The van der Waals surface area contributed by atoms with Gasteiger partial charge in [0.1, 0.15) is 0 Å². The summed E-state index contributed by atoms with van der Waals surface area (Å²) in [4.78, 5) is 0. The Morgan fingerprint density at radius 2 is 0.780 bits per heavy atom. The molecule has 1 spiro atoms. The molecule has 0 amide bonds. The van der Waals surface area contributed by atoms with Crippen molar-refractivity contribution in [3.8, 4) is 22.5 Å². The zero-order valence-electron chi connectivity index (χ0n) is 59.0. The predicted octanol–water partition coefficient (Wildman–Crippen LogP) is 18.2. The van der Waals surface area contributed by atoms with E-state index < -0.39 is 8.07 Å². The van der Waals surface area contributed by atoms with Crippen molar-refractivity contribution in [1.29, 1.82) is 0 Å². The van der Waals surface area contributed by atoms with Crippen LogP contribution in [0.5, 0.6) is 0 Å². The lowest BCUT2D eigenvalue weighted by Crippen LogP contribution is -2.77. The highest BCUT2D eigenvalue weighted by Gasteiger charge is 2.57. The van der Waals surface area contributed by atoms with Gasteiger partial charge in [0.05, 0.1) is 33.1 Å². The highest BCUT2D eigenvalue weighted by Crippen LogP contribution is 2.53. The van der Waals surface area contributed by atoms with Crippen molar-refractivity contribution in [2.24, 2.45) is 0 Å². The van der Waals surface area contributed by atoms with Crippen LogP contribution in [0.4, 0.5) is 0 Å². The largest absolute Gasteiger partial charge is 0.310 e. The lowest BCUT2D eigenvalue weighted by atomic mass is 9.34. The van der Waals surface area contributed by atoms with Gasteiger partial charge in [-0.25, -0.2) is 0 Å². The lowest BCUT2D eigenvalue weighted by molar-refractivity contribution is 0.576. The number of nitrogens with zero attached hydrogens (tertiary/aromatic N) is 3. The maximum absolute atomic E-state index is 3.26. The molecule has 8 heterocycles. The molecular formula is C86H92BN3Si. The number of rotatable bonds is 0. The number of hydrogen-bond acceptors (Lipinski definition) is 0. The van der Waals surface area contributed by atoms with Crippen molar-refractivity contribution in [3.05, 3.63) is 166 Å². The standard InChI is InChI=1S/C86H92BN3Si/c1-79(2,3)45-28-32-61-56(35-45)69-57(85(19,20)21)43-58(86(22,23)24)71-72-64(88(61)78(69)71)44-60-76-70(72)53-31-27-46(80(4,5)6)39-63(53)89(76)62-33-34-65-77-73(62)87(60)59-38-49(83(13,14)15)36-54-55-37-50(84(16,17)18)42-68(75(55)90(77)74(54)59)91(65)66-40-47(81(7,8)9)25-29-51(66)52-30-26-48(41-67(52)91)82(10,11)12/h25-44H,1-24H3. The molecule has 458 valence electrons. The first kappa shape index (κ1) is 57.6. The fourth-order valence-corrected chi connectivity index (χ4v) is 23.6. The van der Waals surface area contributed by atoms with E-state index in [1.54, 1.807) is 15.6 Å². The molecule has 4 aliphatic rings. The fraction of sp³-hybridized carbons (Fsp3) is 0.372. The molecule has 0 saturated heterocycles. The van der Waals surface area contributed by atoms with Gasteiger partial charge in [0.25, 0.3) is 6.71 Å². The van der Waals surface area contributed by atoms with Crippen LogP contribution in [-0.2, 0) is 43.3 Å². The average Bonchev–Trinajstić information content (AvgIpc) is 1.52. The molecular weight excluding hydrogens is 1110 g/mol. The zero-order valence-corrected chi connectivity index (χ0v) is 60.0. The maximum Gasteiger partial charge on any atom is 0.252 e. The van der Waals surface area contributed by atoms with Gasteiger partial charge >= 0.3 is 0 Å². The third kappa shape index (κ3) is 7.18. The van der Waals surface area contributed by atoms with Crippen LogP contribution >= 0.6 is 0 Å². The molecule has 4 aromatic heterocycles. The van der Waals surface area contributed by atoms with E-state index in [9.17, 15) is 0 Å². The highest BCUT2D eigenvalue weighted by atomic mass is 28.3. The quantitative estimate of drug-likeness (QED) is 0.134. The number of aromatic nitrogens is 3. The van der Waals surface area contributed by atoms with Crippen LogP contribution in [0.15, 0.2) is 121 Å². The van der Waals surface area contributed by atoms with Gasteiger partial charge in [0.15, 0.2) is 8.07 Å². The summed E-state index contributed by atoms with van der Waals surface area (Å²) in [5.74, 6) is 0. The Bertz CT molecular complexity index is 5470. The molecule has 17 rings (SSSR count). The van der Waals surface area contributed by atoms with Crippen molar-refractivity contribution in [3.63, 3.8) is 0 Å². The summed E-state index contributed by atoms with van der Waals surface area (Å²) in [6.45, 7) is 58.1. The van der Waals surface area contributed by atoms with Gasteiger partial charge in [-0.3, -0.25) is 0 Å². The molecule has 0 unspecified atom stereocenters. The first-order valence-electron chi connectivity index (χ1n) is 34.2. The van der Waals surface area contributed by atoms with Crippen LogP contribution < -0.4 is 37.1 Å². The van der Waals surface area contributed by atoms with E-state index >= 15 is 0 Å². The van der Waals surface area contributed by atoms with Gasteiger partial charge in [-0.05, 0) is 179 Å². The highest BCUT2D eigenvalue weighted by molar-refractivity contribution is 7.24. The summed E-state index contributed by atoms with van der Waals surface area (Å²) in [7, 11) is -3.26. The molecule has 3 nitrogen and oxygen atoms in total. The third-order valence-corrected chi connectivity index (χ3v) is 27.7. The zero-order chi connectivity index (χ0) is 64.6. The monoisotopic (exact) mass is 1210 g/mol. The van der Waals surface area contributed by atoms with Gasteiger partial charge in [-0.1, -0.05) is 245 Å². The lowest BCUT2D eigenvalue weighted by Gasteiger charge is -2.43. The van der Waals surface area contributed by atoms with E-state index in [2.05, 4.69) is 301 Å². The summed E-state index contributed by atoms with van der Waals surface area (Å²) in [5.41, 5.74) is 29.9. The predicted molar refractivity (Wildman–Crippen MR) is 400 cm³/mol. The molecule has 0 N–H and O–H groups in total. The molecule has 4 aliphatic heterocycles. The minimum absolute atomic E-state index is 0.0172. The SMILES string of the molecule is CC(C)(C)c1ccc2c(c1)[Si]1(c3cc(C(C)(C)C)ccc3-2)c2ccc3c4c2-n2c5c(cc(C(C)(C)C)cc5c5cc(C(C)(C)C)cc1c52)B4c1cc2c(c4c(C(C)(C)C)cc(C(C)(C)C)c5c6cc(C(C)(C)C)ccc6n2c54)c2c4ccc(C(C)(C)C)cc4n-3c12. The van der Waals surface area contributed by atoms with Crippen LogP contribution in [0.3, 0.4) is 0 Å². The first-order valence-corrected chi connectivity index (χ1v) is 36.2. The van der Waals surface area contributed by atoms with Crippen LogP contribution in [0.2, 0.25) is 0 Å². The summed E-state index contributed by atoms with van der Waals surface area (Å²) in [5, 5.41) is 17.3. The molecule has 0 saturated carbocycles. The number of benzene rings is 9. The second kappa shape index (κ2) is 16.9. The van der Waals surface area contributed by atoms with Gasteiger partial charge in [-0.15, -0.1) is 0 Å². The summed E-state index contributed by atoms with van der Waals surface area (Å²) in [6.07, 6.45) is 0. The maximum atomic E-state index is 2.88. The summed E-state index contributed by atoms with van der Waals surface area (Å²) < 4.78 is 8.47. The minimum atomic E-state index is -3.26. The Morgan fingerprint density at radius 1 is 0.297 bits per heavy atom. The Balaban J connectivity index is 1.15. The smallest absolute Gasteiger partial charge is 0.252 e. The van der Waals surface area contributed by atoms with Crippen molar-refractivity contribution < 1.29 is 0 Å². The topological polar surface area (TPSA) is 14.3 Å². The molecule has 91 heavy (non-hydrogen) atoms. The third-order valence-electron chi connectivity index (χ3n) is 22.9. The van der Waals surface area contributed by atoms with Crippen molar-refractivity contribution in [1.82, 2.24) is 13.5 Å². The van der Waals surface area contributed by atoms with Crippen molar-refractivity contribution in [2.45, 2.75) is 209 Å². The second-order valence-electron chi connectivity index (χ2n) is 37.1. The summed E-state index contributed by atoms with van der Waals surface area (Å²) in [6, 6.07) is 52.1. The van der Waals surface area contributed by atoms with E-state index in [-0.39, 0.29) is 50.0 Å². The van der Waals surface area contributed by atoms with Crippen LogP contribution in [0.1, 0.15) is 211 Å². The molecule has 13 aromatic rings. The van der Waals surface area contributed by atoms with Gasteiger partial charge < -0.3 is 13.5 Å². The molecule has 0 fully saturated rings. The first-order chi connectivity index (χ1) is 42.2. The molecule has 9 aromatic carbocycles. The van der Waals surface area contributed by atoms with Crippen LogP contribution in [0.25, 0.3) is 104 Å². The Kier molecular flexibility index (Phi) is 10.7. The van der Waals surface area contributed by atoms with Gasteiger partial charge in [0.2, 0.25) is 0 Å². The number of fused-ring (bicyclic) bond motifs is 21. The Morgan fingerprint density at radius 3 is 1.35 bits per heavy atom. The van der Waals surface area contributed by atoms with E-state index in [1.807, 2.05) is 0 Å². The molecule has 5 heteroatoms. The fourth-order valence-electron chi connectivity index (χ4n) is 17.9. The van der Waals surface area contributed by atoms with Crippen molar-refractivity contribution >= 4 is 134 Å². The second-order valence-corrected chi connectivity index (χ2v) is 40.8. The summed E-state index contributed by atoms with van der Waals surface area (Å²) >= 11 is 0. The van der Waals surface area contributed by atoms with E-state index in [0.29, 0.717) is 0 Å². The average molecular weight is 1210 g/mol. The molecule has 0 bridgehead atoms. The van der Waals surface area contributed by atoms with Crippen LogP contribution in [0, 0.1) is 0 Å². The van der Waals surface area contributed by atoms with Gasteiger partial charge in [0, 0.05) is 60.0 Å². The van der Waals surface area contributed by atoms with E-state index in [1.165, 1.54) is 170 Å². The molecule has 0 aliphatic carbocycles. The van der Waals surface area contributed by atoms with Crippen LogP contribution in [-0.4, -0.2) is 28.3 Å². The van der Waals surface area contributed by atoms with Gasteiger partial charge in [-0.2, -0.15) is 0 Å². The van der Waals surface area contributed by atoms with E-state index in [4.69, 9.17) is 0 Å². The Labute approximate surface area is 541 Å². The molecule has 0 atom stereocenters. The molecule has 0 radical (unpaired) electrons. The normalized spacial score (nSPS) is 15.5. The Hall–Kier alpha value is -7.34.